The molecule has 0 bridgehead atoms. The Kier molecular flexibility index (Phi) is 3.60. The molecule has 5 heteroatoms. The highest BCUT2D eigenvalue weighted by Gasteiger charge is 2.17. The van der Waals surface area contributed by atoms with E-state index < -0.39 is 0 Å². The number of aromatic nitrogens is 3. The van der Waals surface area contributed by atoms with Crippen LogP contribution in [0.15, 0.2) is 0 Å². The van der Waals surface area contributed by atoms with Crippen LogP contribution in [0, 0.1) is 11.3 Å². The van der Waals surface area contributed by atoms with Crippen LogP contribution in [0.1, 0.15) is 31.3 Å². The minimum atomic E-state index is -0.0756. The molecule has 76 valence electrons. The zero-order valence-corrected chi connectivity index (χ0v) is 8.69. The van der Waals surface area contributed by atoms with Crippen molar-refractivity contribution in [2.75, 3.05) is 7.11 Å². The predicted molar refractivity (Wildman–Crippen MR) is 50.4 cm³/mol. The van der Waals surface area contributed by atoms with Crippen LogP contribution in [0.25, 0.3) is 0 Å². The molecule has 0 N–H and O–H groups in total. The van der Waals surface area contributed by atoms with Crippen LogP contribution in [0.2, 0.25) is 0 Å². The zero-order valence-electron chi connectivity index (χ0n) is 8.69. The lowest BCUT2D eigenvalue weighted by atomic mass is 10.2. The van der Waals surface area contributed by atoms with Gasteiger partial charge in [-0.3, -0.25) is 0 Å². The van der Waals surface area contributed by atoms with Crippen molar-refractivity contribution in [3.8, 4) is 6.07 Å². The molecule has 1 heterocycles. The van der Waals surface area contributed by atoms with E-state index >= 15 is 0 Å². The van der Waals surface area contributed by atoms with Crippen molar-refractivity contribution in [1.29, 1.82) is 5.26 Å². The van der Waals surface area contributed by atoms with Crippen LogP contribution in [-0.4, -0.2) is 22.1 Å². The van der Waals surface area contributed by atoms with Gasteiger partial charge in [0.15, 0.2) is 0 Å². The van der Waals surface area contributed by atoms with Gasteiger partial charge in [0.25, 0.3) is 0 Å². The summed E-state index contributed by atoms with van der Waals surface area (Å²) in [5.74, 6) is 0. The average Bonchev–Trinajstić information content (AvgIpc) is 2.60. The van der Waals surface area contributed by atoms with Crippen LogP contribution in [-0.2, 0) is 17.7 Å². The molecule has 14 heavy (non-hydrogen) atoms. The van der Waals surface area contributed by atoms with Gasteiger partial charge in [0, 0.05) is 13.7 Å². The van der Waals surface area contributed by atoms with E-state index in [2.05, 4.69) is 16.4 Å². The molecular formula is C9H14N4O. The molecule has 1 aromatic heterocycles. The first kappa shape index (κ1) is 10.7. The fourth-order valence-electron chi connectivity index (χ4n) is 1.35. The Balaban J connectivity index is 3.06. The highest BCUT2D eigenvalue weighted by atomic mass is 16.5. The SMILES string of the molecule is CCn1nnc(CC#N)c1C(C)OC. The second-order valence-corrected chi connectivity index (χ2v) is 2.95. The van der Waals surface area contributed by atoms with Crippen LogP contribution in [0.4, 0.5) is 0 Å². The quantitative estimate of drug-likeness (QED) is 0.719. The molecule has 0 aromatic carbocycles. The van der Waals surface area contributed by atoms with E-state index in [0.29, 0.717) is 5.69 Å². The molecule has 0 fully saturated rings. The second-order valence-electron chi connectivity index (χ2n) is 2.95. The maximum Gasteiger partial charge on any atom is 0.103 e. The fraction of sp³-hybridized carbons (Fsp3) is 0.667. The number of nitrogens with zero attached hydrogens (tertiary/aromatic N) is 4. The molecular weight excluding hydrogens is 180 g/mol. The van der Waals surface area contributed by atoms with Crippen LogP contribution >= 0.6 is 0 Å². The van der Waals surface area contributed by atoms with Gasteiger partial charge in [0.05, 0.1) is 24.3 Å². The number of hydrogen-bond acceptors (Lipinski definition) is 4. The Hall–Kier alpha value is -1.41. The lowest BCUT2D eigenvalue weighted by Gasteiger charge is -2.11. The number of rotatable bonds is 4. The summed E-state index contributed by atoms with van der Waals surface area (Å²) >= 11 is 0. The summed E-state index contributed by atoms with van der Waals surface area (Å²) in [6.45, 7) is 4.64. The van der Waals surface area contributed by atoms with E-state index in [1.165, 1.54) is 0 Å². The first-order chi connectivity index (χ1) is 6.74. The first-order valence-corrected chi connectivity index (χ1v) is 4.56. The fourth-order valence-corrected chi connectivity index (χ4v) is 1.35. The summed E-state index contributed by atoms with van der Waals surface area (Å²) in [6.07, 6.45) is 0.205. The van der Waals surface area contributed by atoms with E-state index in [1.54, 1.807) is 11.8 Å². The van der Waals surface area contributed by atoms with Crippen molar-refractivity contribution in [3.05, 3.63) is 11.4 Å². The highest BCUT2D eigenvalue weighted by molar-refractivity contribution is 5.16. The van der Waals surface area contributed by atoms with Gasteiger partial charge in [-0.15, -0.1) is 5.10 Å². The summed E-state index contributed by atoms with van der Waals surface area (Å²) in [6, 6.07) is 2.07. The smallest absolute Gasteiger partial charge is 0.103 e. The predicted octanol–water partition coefficient (Wildman–Crippen LogP) is 1.07. The Morgan fingerprint density at radius 2 is 2.36 bits per heavy atom. The third kappa shape index (κ3) is 1.91. The largest absolute Gasteiger partial charge is 0.375 e. The minimum Gasteiger partial charge on any atom is -0.375 e. The molecule has 0 spiro atoms. The van der Waals surface area contributed by atoms with Gasteiger partial charge in [0.2, 0.25) is 0 Å². The van der Waals surface area contributed by atoms with Crippen LogP contribution in [0.3, 0.4) is 0 Å². The van der Waals surface area contributed by atoms with Crippen LogP contribution < -0.4 is 0 Å². The van der Waals surface area contributed by atoms with Gasteiger partial charge in [-0.1, -0.05) is 5.21 Å². The van der Waals surface area contributed by atoms with Crippen molar-refractivity contribution in [1.82, 2.24) is 15.0 Å². The molecule has 0 saturated carbocycles. The second kappa shape index (κ2) is 4.72. The molecule has 1 aromatic rings. The van der Waals surface area contributed by atoms with Crippen molar-refractivity contribution in [2.24, 2.45) is 0 Å². The van der Waals surface area contributed by atoms with E-state index in [9.17, 15) is 0 Å². The molecule has 0 saturated heterocycles. The summed E-state index contributed by atoms with van der Waals surface area (Å²) in [5, 5.41) is 16.5. The number of aryl methyl sites for hydroxylation is 1. The van der Waals surface area contributed by atoms with Gasteiger partial charge in [-0.05, 0) is 13.8 Å². The maximum absolute atomic E-state index is 8.61. The van der Waals surface area contributed by atoms with Gasteiger partial charge >= 0.3 is 0 Å². The monoisotopic (exact) mass is 194 g/mol. The van der Waals surface area contributed by atoms with Gasteiger partial charge < -0.3 is 4.74 Å². The number of nitriles is 1. The average molecular weight is 194 g/mol. The summed E-state index contributed by atoms with van der Waals surface area (Å²) in [5.41, 5.74) is 1.61. The normalized spacial score (nSPS) is 12.4. The maximum atomic E-state index is 8.61. The molecule has 0 radical (unpaired) electrons. The molecule has 5 nitrogen and oxygen atoms in total. The van der Waals surface area contributed by atoms with Gasteiger partial charge in [0.1, 0.15) is 5.69 Å². The number of methoxy groups -OCH3 is 1. The summed E-state index contributed by atoms with van der Waals surface area (Å²) < 4.78 is 6.98. The Bertz CT molecular complexity index is 339. The molecule has 1 atom stereocenters. The van der Waals surface area contributed by atoms with Crippen molar-refractivity contribution >= 4 is 0 Å². The third-order valence-electron chi connectivity index (χ3n) is 2.13. The van der Waals surface area contributed by atoms with Gasteiger partial charge in [-0.25, -0.2) is 4.68 Å². The van der Waals surface area contributed by atoms with Crippen LogP contribution in [0.5, 0.6) is 0 Å². The van der Waals surface area contributed by atoms with Crippen molar-refractivity contribution < 1.29 is 4.74 Å². The Morgan fingerprint density at radius 3 is 2.86 bits per heavy atom. The molecule has 1 rings (SSSR count). The van der Waals surface area contributed by atoms with E-state index in [-0.39, 0.29) is 12.5 Å². The molecule has 0 aliphatic rings. The summed E-state index contributed by atoms with van der Waals surface area (Å²) in [7, 11) is 1.63. The third-order valence-corrected chi connectivity index (χ3v) is 2.13. The van der Waals surface area contributed by atoms with E-state index in [0.717, 1.165) is 12.2 Å². The highest BCUT2D eigenvalue weighted by Crippen LogP contribution is 2.18. The molecule has 1 unspecified atom stereocenters. The molecule has 0 amide bonds. The Labute approximate surface area is 83.3 Å². The standard InChI is InChI=1S/C9H14N4O/c1-4-13-9(7(2)14-3)8(5-6-10)11-12-13/h7H,4-5H2,1-3H3. The number of hydrogen-bond donors (Lipinski definition) is 0. The van der Waals surface area contributed by atoms with E-state index in [4.69, 9.17) is 10.00 Å². The molecule has 0 aliphatic carbocycles. The van der Waals surface area contributed by atoms with Gasteiger partial charge in [-0.2, -0.15) is 5.26 Å². The zero-order chi connectivity index (χ0) is 10.6. The lowest BCUT2D eigenvalue weighted by Crippen LogP contribution is -2.09. The Morgan fingerprint density at radius 1 is 1.64 bits per heavy atom. The van der Waals surface area contributed by atoms with Crippen molar-refractivity contribution in [2.45, 2.75) is 32.9 Å². The van der Waals surface area contributed by atoms with Crippen molar-refractivity contribution in [3.63, 3.8) is 0 Å². The lowest BCUT2D eigenvalue weighted by molar-refractivity contribution is 0.111. The topological polar surface area (TPSA) is 63.7 Å². The number of ether oxygens (including phenoxy) is 1. The molecule has 0 aliphatic heterocycles. The first-order valence-electron chi connectivity index (χ1n) is 4.56. The van der Waals surface area contributed by atoms with E-state index in [1.807, 2.05) is 13.8 Å². The minimum absolute atomic E-state index is 0.0756. The summed E-state index contributed by atoms with van der Waals surface area (Å²) in [4.78, 5) is 0.